The summed E-state index contributed by atoms with van der Waals surface area (Å²) >= 11 is 0. The first-order valence-corrected chi connectivity index (χ1v) is 6.73. The molecule has 3 heteroatoms. The summed E-state index contributed by atoms with van der Waals surface area (Å²) in [5.74, 6) is 0. The molecule has 0 radical (unpaired) electrons. The van der Waals surface area contributed by atoms with Crippen LogP contribution in [0.25, 0.3) is 0 Å². The molecule has 0 spiro atoms. The first kappa shape index (κ1) is 23.0. The fourth-order valence-corrected chi connectivity index (χ4v) is 1.53. The second-order valence-electron chi connectivity index (χ2n) is 3.76. The molecular weight excluding hydrogens is 309 g/mol. The maximum atomic E-state index is 3.78. The minimum Gasteiger partial charge on any atom is -0.342 e. The Morgan fingerprint density at radius 1 is 0.647 bits per heavy atom. The van der Waals surface area contributed by atoms with Gasteiger partial charge in [0.25, 0.3) is 0 Å². The van der Waals surface area contributed by atoms with Gasteiger partial charge in [-0.15, -0.1) is 0 Å². The third-order valence-corrected chi connectivity index (χ3v) is 2.74. The SMILES string of the molecule is [CH2-]CCN(CC)CC.[CH2-]CCN(CC)CC.[Cd+2]. The minimum absolute atomic E-state index is 0. The van der Waals surface area contributed by atoms with Gasteiger partial charge in [-0.05, 0) is 39.3 Å². The number of rotatable bonds is 8. The Labute approximate surface area is 130 Å². The Kier molecular flexibility index (Phi) is 25.9. The number of hydrogen-bond acceptors (Lipinski definition) is 2. The molecule has 0 bridgehead atoms. The molecule has 0 rings (SSSR count). The van der Waals surface area contributed by atoms with Gasteiger partial charge in [0.05, 0.1) is 0 Å². The second kappa shape index (κ2) is 19.2. The van der Waals surface area contributed by atoms with E-state index in [4.69, 9.17) is 0 Å². The van der Waals surface area contributed by atoms with E-state index in [2.05, 4.69) is 51.3 Å². The molecule has 0 aromatic heterocycles. The fraction of sp³-hybridized carbons (Fsp3) is 0.857. The first-order chi connectivity index (χ1) is 7.69. The Bertz CT molecular complexity index is 98.8. The van der Waals surface area contributed by atoms with Crippen LogP contribution in [0.4, 0.5) is 0 Å². The largest absolute Gasteiger partial charge is 2.00 e. The summed E-state index contributed by atoms with van der Waals surface area (Å²) in [6.07, 6.45) is 2.06. The predicted octanol–water partition coefficient (Wildman–Crippen LogP) is 3.10. The summed E-state index contributed by atoms with van der Waals surface area (Å²) in [6, 6.07) is 0. The zero-order valence-electron chi connectivity index (χ0n) is 12.7. The van der Waals surface area contributed by atoms with E-state index in [-0.39, 0.29) is 27.3 Å². The third kappa shape index (κ3) is 16.8. The average Bonchev–Trinajstić information content (AvgIpc) is 2.33. The molecule has 0 N–H and O–H groups in total. The van der Waals surface area contributed by atoms with Crippen molar-refractivity contribution in [3.63, 3.8) is 0 Å². The van der Waals surface area contributed by atoms with Gasteiger partial charge >= 0.3 is 27.3 Å². The molecule has 100 valence electrons. The molecule has 0 heterocycles. The van der Waals surface area contributed by atoms with E-state index in [0.29, 0.717) is 0 Å². The van der Waals surface area contributed by atoms with Gasteiger partial charge in [0, 0.05) is 0 Å². The Morgan fingerprint density at radius 3 is 0.941 bits per heavy atom. The van der Waals surface area contributed by atoms with E-state index in [1.54, 1.807) is 0 Å². The van der Waals surface area contributed by atoms with Crippen molar-refractivity contribution in [2.45, 2.75) is 40.5 Å². The van der Waals surface area contributed by atoms with Gasteiger partial charge in [-0.1, -0.05) is 27.7 Å². The molecule has 0 saturated heterocycles. The van der Waals surface area contributed by atoms with Crippen LogP contribution in [0.2, 0.25) is 0 Å². The van der Waals surface area contributed by atoms with Crippen LogP contribution >= 0.6 is 0 Å². The van der Waals surface area contributed by atoms with E-state index < -0.39 is 0 Å². The maximum Gasteiger partial charge on any atom is 2.00 e. The zero-order valence-corrected chi connectivity index (χ0v) is 16.7. The Morgan fingerprint density at radius 2 is 0.882 bits per heavy atom. The topological polar surface area (TPSA) is 6.48 Å². The normalized spacial score (nSPS) is 9.88. The molecule has 0 aliphatic carbocycles. The summed E-state index contributed by atoms with van der Waals surface area (Å²) in [4.78, 5) is 4.74. The summed E-state index contributed by atoms with van der Waals surface area (Å²) in [5, 5.41) is 0. The predicted molar refractivity (Wildman–Crippen MR) is 75.5 cm³/mol. The second-order valence-corrected chi connectivity index (χ2v) is 3.76. The van der Waals surface area contributed by atoms with Crippen molar-refractivity contribution < 1.29 is 27.3 Å². The van der Waals surface area contributed by atoms with Crippen molar-refractivity contribution in [3.8, 4) is 0 Å². The molecule has 0 saturated carbocycles. The smallest absolute Gasteiger partial charge is 0.342 e. The van der Waals surface area contributed by atoms with Crippen LogP contribution < -0.4 is 0 Å². The van der Waals surface area contributed by atoms with Crippen LogP contribution in [0.1, 0.15) is 40.5 Å². The molecule has 0 aliphatic heterocycles. The molecule has 0 atom stereocenters. The van der Waals surface area contributed by atoms with Crippen LogP contribution in [0, 0.1) is 13.8 Å². The number of hydrogen-bond donors (Lipinski definition) is 0. The van der Waals surface area contributed by atoms with Crippen molar-refractivity contribution in [2.24, 2.45) is 0 Å². The quantitative estimate of drug-likeness (QED) is 0.495. The molecule has 0 fully saturated rings. The van der Waals surface area contributed by atoms with Gasteiger partial charge in [0.1, 0.15) is 0 Å². The van der Waals surface area contributed by atoms with Gasteiger partial charge in [0.2, 0.25) is 0 Å². The van der Waals surface area contributed by atoms with E-state index >= 15 is 0 Å². The monoisotopic (exact) mass is 342 g/mol. The fourth-order valence-electron chi connectivity index (χ4n) is 1.53. The molecule has 0 aromatic carbocycles. The van der Waals surface area contributed by atoms with Gasteiger partial charge in [-0.25, -0.2) is 0 Å². The summed E-state index contributed by atoms with van der Waals surface area (Å²) in [7, 11) is 0. The molecule has 0 aromatic rings. The molecule has 0 unspecified atom stereocenters. The Balaban J connectivity index is -0.000000218. The van der Waals surface area contributed by atoms with Crippen molar-refractivity contribution in [1.29, 1.82) is 0 Å². The zero-order chi connectivity index (χ0) is 12.8. The molecular formula is C14H32CdN2. The summed E-state index contributed by atoms with van der Waals surface area (Å²) in [5.41, 5.74) is 0. The van der Waals surface area contributed by atoms with Crippen LogP contribution in [0.15, 0.2) is 0 Å². The summed E-state index contributed by atoms with van der Waals surface area (Å²) < 4.78 is 0. The number of nitrogens with zero attached hydrogens (tertiary/aromatic N) is 2. The van der Waals surface area contributed by atoms with Gasteiger partial charge < -0.3 is 23.6 Å². The standard InChI is InChI=1S/2C7H16N.Cd/c2*1-4-7-8(5-2)6-3;/h2*1,4-7H2,2-3H3;/q2*-1;+2. The molecule has 2 nitrogen and oxygen atoms in total. The minimum atomic E-state index is 0. The molecule has 0 aliphatic rings. The third-order valence-electron chi connectivity index (χ3n) is 2.74. The molecule has 17 heavy (non-hydrogen) atoms. The van der Waals surface area contributed by atoms with Gasteiger partial charge in [0.15, 0.2) is 0 Å². The van der Waals surface area contributed by atoms with E-state index in [9.17, 15) is 0 Å². The average molecular weight is 341 g/mol. The van der Waals surface area contributed by atoms with Crippen molar-refractivity contribution in [1.82, 2.24) is 9.80 Å². The Hall–Kier alpha value is 0.842. The van der Waals surface area contributed by atoms with Gasteiger partial charge in [-0.3, -0.25) is 0 Å². The van der Waals surface area contributed by atoms with Crippen molar-refractivity contribution in [3.05, 3.63) is 13.8 Å². The van der Waals surface area contributed by atoms with Crippen LogP contribution in [-0.2, 0) is 27.3 Å². The van der Waals surface area contributed by atoms with Gasteiger partial charge in [-0.2, -0.15) is 12.8 Å². The van der Waals surface area contributed by atoms with Crippen LogP contribution in [0.3, 0.4) is 0 Å². The van der Waals surface area contributed by atoms with Crippen molar-refractivity contribution in [2.75, 3.05) is 39.3 Å². The maximum absolute atomic E-state index is 3.78. The van der Waals surface area contributed by atoms with Crippen molar-refractivity contribution >= 4 is 0 Å². The van der Waals surface area contributed by atoms with E-state index in [1.165, 1.54) is 0 Å². The first-order valence-electron chi connectivity index (χ1n) is 6.73. The van der Waals surface area contributed by atoms with E-state index in [1.807, 2.05) is 0 Å². The summed E-state index contributed by atoms with van der Waals surface area (Å²) in [6.45, 7) is 23.2. The molecule has 0 amide bonds. The van der Waals surface area contributed by atoms with E-state index in [0.717, 1.165) is 52.1 Å². The van der Waals surface area contributed by atoms with Crippen LogP contribution in [0.5, 0.6) is 0 Å². The van der Waals surface area contributed by atoms with Crippen LogP contribution in [-0.4, -0.2) is 49.1 Å².